The lowest BCUT2D eigenvalue weighted by atomic mass is 9.90. The van der Waals surface area contributed by atoms with Gasteiger partial charge in [0.05, 0.1) is 11.7 Å². The summed E-state index contributed by atoms with van der Waals surface area (Å²) in [6, 6.07) is 9.49. The van der Waals surface area contributed by atoms with Crippen LogP contribution in [0.25, 0.3) is 0 Å². The smallest absolute Gasteiger partial charge is 0.0605 e. The molecule has 0 spiro atoms. The molecule has 0 bridgehead atoms. The van der Waals surface area contributed by atoms with E-state index < -0.39 is 0 Å². The summed E-state index contributed by atoms with van der Waals surface area (Å²) in [6.07, 6.45) is 5.55. The van der Waals surface area contributed by atoms with Crippen LogP contribution < -0.4 is 5.32 Å². The highest BCUT2D eigenvalue weighted by Gasteiger charge is 2.26. The monoisotopic (exact) mass is 286 g/mol. The molecule has 1 N–H and O–H groups in total. The number of hydrogen-bond acceptors (Lipinski definition) is 3. The van der Waals surface area contributed by atoms with Gasteiger partial charge < -0.3 is 5.32 Å². The predicted molar refractivity (Wildman–Crippen MR) is 84.9 cm³/mol. The fourth-order valence-corrected chi connectivity index (χ4v) is 4.02. The van der Waals surface area contributed by atoms with E-state index in [1.165, 1.54) is 35.4 Å². The van der Waals surface area contributed by atoms with E-state index in [1.54, 1.807) is 0 Å². The van der Waals surface area contributed by atoms with E-state index in [2.05, 4.69) is 53.8 Å². The molecule has 2 aromatic heterocycles. The van der Waals surface area contributed by atoms with Gasteiger partial charge in [-0.25, -0.2) is 0 Å². The molecule has 0 saturated heterocycles. The Morgan fingerprint density at radius 2 is 2.20 bits per heavy atom. The molecule has 1 aliphatic rings. The third-order valence-electron chi connectivity index (χ3n) is 4.09. The first-order valence-electron chi connectivity index (χ1n) is 7.49. The summed E-state index contributed by atoms with van der Waals surface area (Å²) >= 11 is 1.85. The molecule has 2 atom stereocenters. The van der Waals surface area contributed by atoms with E-state index in [-0.39, 0.29) is 0 Å². The first-order chi connectivity index (χ1) is 9.75. The van der Waals surface area contributed by atoms with Gasteiger partial charge in [-0.2, -0.15) is 0 Å². The molecule has 2 aromatic rings. The van der Waals surface area contributed by atoms with Gasteiger partial charge >= 0.3 is 0 Å². The van der Waals surface area contributed by atoms with Crippen LogP contribution in [0.3, 0.4) is 0 Å². The SMILES string of the molecule is CC(C)C(NC1CCCc2cccnc21)c1cccs1. The van der Waals surface area contributed by atoms with E-state index in [9.17, 15) is 0 Å². The van der Waals surface area contributed by atoms with Crippen LogP contribution in [0.4, 0.5) is 0 Å². The van der Waals surface area contributed by atoms with Gasteiger partial charge in [0.2, 0.25) is 0 Å². The zero-order valence-corrected chi connectivity index (χ0v) is 13.0. The van der Waals surface area contributed by atoms with Crippen molar-refractivity contribution in [2.75, 3.05) is 0 Å². The van der Waals surface area contributed by atoms with Gasteiger partial charge in [-0.05, 0) is 48.3 Å². The molecule has 0 aliphatic heterocycles. The highest BCUT2D eigenvalue weighted by molar-refractivity contribution is 7.10. The zero-order chi connectivity index (χ0) is 13.9. The van der Waals surface area contributed by atoms with Crippen LogP contribution in [0.15, 0.2) is 35.8 Å². The van der Waals surface area contributed by atoms with Crippen LogP contribution in [0.5, 0.6) is 0 Å². The summed E-state index contributed by atoms with van der Waals surface area (Å²) in [5, 5.41) is 6.03. The zero-order valence-electron chi connectivity index (χ0n) is 12.2. The van der Waals surface area contributed by atoms with E-state index in [4.69, 9.17) is 0 Å². The second kappa shape index (κ2) is 6.06. The summed E-state index contributed by atoms with van der Waals surface area (Å²) in [4.78, 5) is 6.07. The number of aryl methyl sites for hydroxylation is 1. The summed E-state index contributed by atoms with van der Waals surface area (Å²) in [5.74, 6) is 0.586. The number of nitrogens with one attached hydrogen (secondary N) is 1. The lowest BCUT2D eigenvalue weighted by Crippen LogP contribution is -2.32. The molecule has 0 aromatic carbocycles. The van der Waals surface area contributed by atoms with E-state index in [0.717, 1.165) is 0 Å². The molecule has 2 nitrogen and oxygen atoms in total. The Morgan fingerprint density at radius 3 is 2.95 bits per heavy atom. The van der Waals surface area contributed by atoms with Gasteiger partial charge in [0.15, 0.2) is 0 Å². The number of thiophene rings is 1. The number of aromatic nitrogens is 1. The predicted octanol–water partition coefficient (Wildman–Crippen LogP) is 4.51. The summed E-state index contributed by atoms with van der Waals surface area (Å²) in [6.45, 7) is 4.58. The Balaban J connectivity index is 1.83. The van der Waals surface area contributed by atoms with Crippen molar-refractivity contribution >= 4 is 11.3 Å². The average molecular weight is 286 g/mol. The van der Waals surface area contributed by atoms with Gasteiger partial charge in [-0.1, -0.05) is 26.0 Å². The number of nitrogens with zero attached hydrogens (tertiary/aromatic N) is 1. The van der Waals surface area contributed by atoms with Gasteiger partial charge in [0.1, 0.15) is 0 Å². The Morgan fingerprint density at radius 1 is 1.30 bits per heavy atom. The minimum absolute atomic E-state index is 0.398. The number of fused-ring (bicyclic) bond motifs is 1. The quantitative estimate of drug-likeness (QED) is 0.894. The molecule has 0 radical (unpaired) electrons. The van der Waals surface area contributed by atoms with Crippen LogP contribution in [0.1, 0.15) is 54.9 Å². The van der Waals surface area contributed by atoms with Crippen molar-refractivity contribution in [1.29, 1.82) is 0 Å². The normalized spacial score (nSPS) is 19.9. The van der Waals surface area contributed by atoms with Crippen molar-refractivity contribution in [2.24, 2.45) is 5.92 Å². The van der Waals surface area contributed by atoms with Crippen LogP contribution in [0, 0.1) is 5.92 Å². The molecule has 2 heterocycles. The van der Waals surface area contributed by atoms with Gasteiger partial charge in [-0.15, -0.1) is 11.3 Å². The van der Waals surface area contributed by atoms with Crippen LogP contribution in [0.2, 0.25) is 0 Å². The topological polar surface area (TPSA) is 24.9 Å². The average Bonchev–Trinajstić information content (AvgIpc) is 2.98. The lowest BCUT2D eigenvalue weighted by Gasteiger charge is -2.31. The van der Waals surface area contributed by atoms with Crippen LogP contribution in [-0.4, -0.2) is 4.98 Å². The molecule has 106 valence electrons. The minimum atomic E-state index is 0.398. The van der Waals surface area contributed by atoms with Crippen molar-refractivity contribution in [3.05, 3.63) is 52.0 Å². The van der Waals surface area contributed by atoms with E-state index in [0.29, 0.717) is 18.0 Å². The van der Waals surface area contributed by atoms with Crippen molar-refractivity contribution in [2.45, 2.75) is 45.2 Å². The fraction of sp³-hybridized carbons (Fsp3) is 0.471. The third-order valence-corrected chi connectivity index (χ3v) is 5.05. The summed E-state index contributed by atoms with van der Waals surface area (Å²) in [5.41, 5.74) is 2.69. The van der Waals surface area contributed by atoms with Crippen LogP contribution in [-0.2, 0) is 6.42 Å². The number of rotatable bonds is 4. The number of pyridine rings is 1. The molecule has 0 saturated carbocycles. The van der Waals surface area contributed by atoms with Crippen molar-refractivity contribution in [3.8, 4) is 0 Å². The lowest BCUT2D eigenvalue weighted by molar-refractivity contribution is 0.337. The maximum atomic E-state index is 4.64. The standard InChI is InChI=1S/C17H22N2S/c1-12(2)16(15-9-5-11-20-15)19-14-8-3-6-13-7-4-10-18-17(13)14/h4-5,7,9-12,14,16,19H,3,6,8H2,1-2H3. The first-order valence-corrected chi connectivity index (χ1v) is 8.37. The Kier molecular flexibility index (Phi) is 4.18. The van der Waals surface area contributed by atoms with E-state index >= 15 is 0 Å². The molecule has 0 fully saturated rings. The molecular weight excluding hydrogens is 264 g/mol. The first kappa shape index (κ1) is 13.8. The van der Waals surface area contributed by atoms with Gasteiger partial charge in [-0.3, -0.25) is 4.98 Å². The minimum Gasteiger partial charge on any atom is -0.301 e. The number of hydrogen-bond donors (Lipinski definition) is 1. The summed E-state index contributed by atoms with van der Waals surface area (Å²) in [7, 11) is 0. The molecule has 0 amide bonds. The molecular formula is C17H22N2S. The maximum absolute atomic E-state index is 4.64. The van der Waals surface area contributed by atoms with E-state index in [1.807, 2.05) is 17.5 Å². The Hall–Kier alpha value is -1.19. The van der Waals surface area contributed by atoms with Crippen molar-refractivity contribution in [1.82, 2.24) is 10.3 Å². The largest absolute Gasteiger partial charge is 0.301 e. The molecule has 3 rings (SSSR count). The molecule has 3 heteroatoms. The summed E-state index contributed by atoms with van der Waals surface area (Å²) < 4.78 is 0. The molecule has 1 aliphatic carbocycles. The molecule has 20 heavy (non-hydrogen) atoms. The molecule has 2 unspecified atom stereocenters. The Bertz CT molecular complexity index is 548. The van der Waals surface area contributed by atoms with Crippen molar-refractivity contribution < 1.29 is 0 Å². The fourth-order valence-electron chi connectivity index (χ4n) is 3.06. The second-order valence-electron chi connectivity index (χ2n) is 5.90. The van der Waals surface area contributed by atoms with Crippen LogP contribution >= 0.6 is 11.3 Å². The Labute approximate surface area is 125 Å². The van der Waals surface area contributed by atoms with Crippen molar-refractivity contribution in [3.63, 3.8) is 0 Å². The third kappa shape index (κ3) is 2.79. The van der Waals surface area contributed by atoms with Gasteiger partial charge in [0.25, 0.3) is 0 Å². The maximum Gasteiger partial charge on any atom is 0.0605 e. The van der Waals surface area contributed by atoms with Gasteiger partial charge in [0, 0.05) is 17.1 Å². The highest BCUT2D eigenvalue weighted by Crippen LogP contribution is 2.33. The highest BCUT2D eigenvalue weighted by atomic mass is 32.1. The second-order valence-corrected chi connectivity index (χ2v) is 6.88.